The van der Waals surface area contributed by atoms with Gasteiger partial charge in [-0.1, -0.05) is 12.1 Å². The van der Waals surface area contributed by atoms with Gasteiger partial charge in [0, 0.05) is 5.56 Å². The molecule has 5 nitrogen and oxygen atoms in total. The number of rotatable bonds is 7. The van der Waals surface area contributed by atoms with Gasteiger partial charge in [-0.3, -0.25) is 4.79 Å². The van der Waals surface area contributed by atoms with Crippen LogP contribution in [0.2, 0.25) is 0 Å². The van der Waals surface area contributed by atoms with Gasteiger partial charge in [0.25, 0.3) is 0 Å². The second kappa shape index (κ2) is 7.28. The predicted octanol–water partition coefficient (Wildman–Crippen LogP) is 2.50. The highest BCUT2D eigenvalue weighted by Crippen LogP contribution is 2.16. The molecule has 6 heteroatoms. The summed E-state index contributed by atoms with van der Waals surface area (Å²) in [6, 6.07) is 13.1. The molecule has 2 aromatic rings. The minimum atomic E-state index is -3.54. The van der Waals surface area contributed by atoms with Gasteiger partial charge in [-0.15, -0.1) is 0 Å². The van der Waals surface area contributed by atoms with Crippen LogP contribution >= 0.6 is 0 Å². The summed E-state index contributed by atoms with van der Waals surface area (Å²) in [5, 5.41) is 0. The number of benzene rings is 2. The smallest absolute Gasteiger partial charge is 0.177 e. The van der Waals surface area contributed by atoms with Gasteiger partial charge in [-0.05, 0) is 42.0 Å². The summed E-state index contributed by atoms with van der Waals surface area (Å²) in [5.41, 5.74) is 0.970. The molecule has 0 amide bonds. The van der Waals surface area contributed by atoms with Crippen LogP contribution in [0.25, 0.3) is 0 Å². The van der Waals surface area contributed by atoms with Crippen molar-refractivity contribution in [1.82, 2.24) is 0 Å². The second-order valence-corrected chi connectivity index (χ2v) is 7.10. The van der Waals surface area contributed by atoms with Crippen molar-refractivity contribution >= 4 is 15.6 Å². The highest BCUT2D eigenvalue weighted by atomic mass is 32.2. The Labute approximate surface area is 135 Å². The fourth-order valence-electron chi connectivity index (χ4n) is 2.09. The Bertz CT molecular complexity index is 762. The van der Waals surface area contributed by atoms with Gasteiger partial charge in [0.1, 0.15) is 17.3 Å². The molecule has 0 atom stereocenters. The lowest BCUT2D eigenvalue weighted by molar-refractivity contribution is 0.102. The van der Waals surface area contributed by atoms with E-state index in [1.165, 1.54) is 7.11 Å². The highest BCUT2D eigenvalue weighted by molar-refractivity contribution is 7.91. The molecule has 0 fully saturated rings. The molecule has 0 aliphatic heterocycles. The van der Waals surface area contributed by atoms with Gasteiger partial charge in [0.05, 0.1) is 20.0 Å². The third-order valence-electron chi connectivity index (χ3n) is 3.31. The van der Waals surface area contributed by atoms with Crippen LogP contribution in [0.3, 0.4) is 0 Å². The van der Waals surface area contributed by atoms with Crippen molar-refractivity contribution in [1.29, 1.82) is 0 Å². The van der Waals surface area contributed by atoms with Crippen LogP contribution in [-0.2, 0) is 15.6 Å². The minimum absolute atomic E-state index is 0.182. The van der Waals surface area contributed by atoms with Crippen molar-refractivity contribution in [3.05, 3.63) is 59.7 Å². The van der Waals surface area contributed by atoms with Gasteiger partial charge >= 0.3 is 0 Å². The molecule has 0 saturated heterocycles. The first-order chi connectivity index (χ1) is 10.9. The van der Waals surface area contributed by atoms with Crippen molar-refractivity contribution in [2.24, 2.45) is 0 Å². The van der Waals surface area contributed by atoms with E-state index in [1.807, 2.05) is 0 Å². The molecule has 0 bridgehead atoms. The van der Waals surface area contributed by atoms with Gasteiger partial charge in [-0.2, -0.15) is 0 Å². The van der Waals surface area contributed by atoms with Crippen molar-refractivity contribution in [3.8, 4) is 11.5 Å². The Morgan fingerprint density at radius 1 is 0.870 bits per heavy atom. The molecule has 0 saturated carbocycles. The van der Waals surface area contributed by atoms with Crippen LogP contribution < -0.4 is 9.47 Å². The summed E-state index contributed by atoms with van der Waals surface area (Å²) >= 11 is 0. The Morgan fingerprint density at radius 3 is 1.83 bits per heavy atom. The van der Waals surface area contributed by atoms with E-state index >= 15 is 0 Å². The molecule has 0 radical (unpaired) electrons. The summed E-state index contributed by atoms with van der Waals surface area (Å²) in [5.74, 6) is 0.133. The Balaban J connectivity index is 2.05. The average molecular weight is 334 g/mol. The predicted molar refractivity (Wildman–Crippen MR) is 87.8 cm³/mol. The van der Waals surface area contributed by atoms with Crippen LogP contribution in [0.1, 0.15) is 15.9 Å². The molecular formula is C17H18O5S. The number of Topliss-reactive ketones (excluding diaryl/α,β-unsaturated/α-hetero) is 1. The van der Waals surface area contributed by atoms with E-state index in [0.717, 1.165) is 0 Å². The number of carbonyl (C=O) groups is 1. The van der Waals surface area contributed by atoms with Gasteiger partial charge in [-0.25, -0.2) is 8.42 Å². The molecule has 23 heavy (non-hydrogen) atoms. The lowest BCUT2D eigenvalue weighted by Crippen LogP contribution is -2.18. The van der Waals surface area contributed by atoms with E-state index in [9.17, 15) is 13.2 Å². The lowest BCUT2D eigenvalue weighted by atomic mass is 10.1. The summed E-state index contributed by atoms with van der Waals surface area (Å²) in [6.45, 7) is 0. The van der Waals surface area contributed by atoms with Crippen molar-refractivity contribution in [2.75, 3.05) is 20.0 Å². The SMILES string of the molecule is COc1ccc(CS(=O)(=O)CC(=O)c2ccc(OC)cc2)cc1. The standard InChI is InChI=1S/C17H18O5S/c1-21-15-7-3-13(4-8-15)11-23(19,20)12-17(18)14-5-9-16(22-2)10-6-14/h3-10H,11-12H2,1-2H3. The maximum atomic E-state index is 12.2. The molecule has 0 heterocycles. The summed E-state index contributed by atoms with van der Waals surface area (Å²) in [4.78, 5) is 12.1. The highest BCUT2D eigenvalue weighted by Gasteiger charge is 2.19. The van der Waals surface area contributed by atoms with Crippen LogP contribution in [0.4, 0.5) is 0 Å². The number of hydrogen-bond acceptors (Lipinski definition) is 5. The molecule has 122 valence electrons. The van der Waals surface area contributed by atoms with Gasteiger partial charge in [0.15, 0.2) is 15.6 Å². The summed E-state index contributed by atoms with van der Waals surface area (Å²) < 4.78 is 34.4. The number of ketones is 1. The van der Waals surface area contributed by atoms with E-state index in [4.69, 9.17) is 9.47 Å². The Kier molecular flexibility index (Phi) is 5.39. The monoisotopic (exact) mass is 334 g/mol. The fourth-order valence-corrected chi connectivity index (χ4v) is 3.46. The third kappa shape index (κ3) is 4.82. The molecule has 0 spiro atoms. The number of methoxy groups -OCH3 is 2. The van der Waals surface area contributed by atoms with Gasteiger partial charge < -0.3 is 9.47 Å². The molecule has 2 aromatic carbocycles. The largest absolute Gasteiger partial charge is 0.497 e. The van der Waals surface area contributed by atoms with Crippen molar-refractivity contribution < 1.29 is 22.7 Å². The molecule has 0 unspecified atom stereocenters. The normalized spacial score (nSPS) is 11.0. The topological polar surface area (TPSA) is 69.7 Å². The van der Waals surface area contributed by atoms with Crippen LogP contribution in [0.15, 0.2) is 48.5 Å². The van der Waals surface area contributed by atoms with E-state index < -0.39 is 21.4 Å². The third-order valence-corrected chi connectivity index (χ3v) is 4.78. The summed E-state index contributed by atoms with van der Waals surface area (Å²) in [6.07, 6.45) is 0. The number of ether oxygens (including phenoxy) is 2. The first-order valence-corrected chi connectivity index (χ1v) is 8.76. The van der Waals surface area contributed by atoms with Gasteiger partial charge in [0.2, 0.25) is 0 Å². The quantitative estimate of drug-likeness (QED) is 0.728. The second-order valence-electron chi connectivity index (χ2n) is 5.03. The van der Waals surface area contributed by atoms with E-state index in [-0.39, 0.29) is 5.75 Å². The number of carbonyl (C=O) groups excluding carboxylic acids is 1. The first kappa shape index (κ1) is 17.0. The Hall–Kier alpha value is -2.34. The molecule has 0 N–H and O–H groups in total. The zero-order valence-corrected chi connectivity index (χ0v) is 13.8. The zero-order chi connectivity index (χ0) is 16.9. The van der Waals surface area contributed by atoms with Crippen molar-refractivity contribution in [3.63, 3.8) is 0 Å². The van der Waals surface area contributed by atoms with Crippen LogP contribution in [0.5, 0.6) is 11.5 Å². The lowest BCUT2D eigenvalue weighted by Gasteiger charge is -2.06. The zero-order valence-electron chi connectivity index (χ0n) is 13.0. The molecule has 0 aliphatic rings. The van der Waals surface area contributed by atoms with E-state index in [2.05, 4.69) is 0 Å². The maximum absolute atomic E-state index is 12.2. The number of sulfone groups is 1. The van der Waals surface area contributed by atoms with Crippen LogP contribution in [-0.4, -0.2) is 34.2 Å². The van der Waals surface area contributed by atoms with Crippen LogP contribution in [0, 0.1) is 0 Å². The fraction of sp³-hybridized carbons (Fsp3) is 0.235. The number of hydrogen-bond donors (Lipinski definition) is 0. The minimum Gasteiger partial charge on any atom is -0.497 e. The van der Waals surface area contributed by atoms with Crippen molar-refractivity contribution in [2.45, 2.75) is 5.75 Å². The summed E-state index contributed by atoms with van der Waals surface area (Å²) in [7, 11) is -0.474. The maximum Gasteiger partial charge on any atom is 0.177 e. The van der Waals surface area contributed by atoms with E-state index in [1.54, 1.807) is 55.6 Å². The molecule has 0 aliphatic carbocycles. The van der Waals surface area contributed by atoms with E-state index in [0.29, 0.717) is 22.6 Å². The molecular weight excluding hydrogens is 316 g/mol. The first-order valence-electron chi connectivity index (χ1n) is 6.94. The average Bonchev–Trinajstić information content (AvgIpc) is 2.54. The molecule has 0 aromatic heterocycles. The molecule has 2 rings (SSSR count). The Morgan fingerprint density at radius 2 is 1.35 bits per heavy atom.